The van der Waals surface area contributed by atoms with E-state index in [9.17, 15) is 4.79 Å². The minimum Gasteiger partial charge on any atom is -0.343 e. The highest BCUT2D eigenvalue weighted by atomic mass is 32.1. The maximum absolute atomic E-state index is 11.5. The van der Waals surface area contributed by atoms with E-state index in [1.54, 1.807) is 11.3 Å². The highest BCUT2D eigenvalue weighted by molar-refractivity contribution is 7.13. The zero-order valence-corrected chi connectivity index (χ0v) is 12.8. The van der Waals surface area contributed by atoms with Crippen LogP contribution in [0.5, 0.6) is 0 Å². The molecule has 1 aliphatic heterocycles. The first-order chi connectivity index (χ1) is 10.3. The first-order valence-electron chi connectivity index (χ1n) is 7.39. The first kappa shape index (κ1) is 14.3. The van der Waals surface area contributed by atoms with E-state index in [2.05, 4.69) is 27.0 Å². The van der Waals surface area contributed by atoms with Gasteiger partial charge in [0.25, 0.3) is 0 Å². The number of aromatic amines is 1. The molecule has 0 unspecified atom stereocenters. The molecule has 2 aromatic heterocycles. The molecule has 0 bridgehead atoms. The minimum absolute atomic E-state index is 0.310. The molecule has 21 heavy (non-hydrogen) atoms. The van der Waals surface area contributed by atoms with E-state index in [-0.39, 0.29) is 0 Å². The normalized spacial score (nSPS) is 15.0. The molecule has 0 spiro atoms. The van der Waals surface area contributed by atoms with Crippen LogP contribution in [-0.2, 0) is 11.3 Å². The molecule has 112 valence electrons. The second-order valence-electron chi connectivity index (χ2n) is 5.26. The van der Waals surface area contributed by atoms with Gasteiger partial charge in [0, 0.05) is 31.6 Å². The first-order valence-corrected chi connectivity index (χ1v) is 8.27. The molecule has 2 N–H and O–H groups in total. The highest BCUT2D eigenvalue weighted by Gasteiger charge is 2.18. The van der Waals surface area contributed by atoms with Crippen LogP contribution >= 0.6 is 11.3 Å². The van der Waals surface area contributed by atoms with Crippen molar-refractivity contribution >= 4 is 17.2 Å². The average molecular weight is 304 g/mol. The van der Waals surface area contributed by atoms with Crippen LogP contribution in [0.1, 0.15) is 24.8 Å². The van der Waals surface area contributed by atoms with E-state index >= 15 is 0 Å². The average Bonchev–Trinajstić information content (AvgIpc) is 3.19. The number of likely N-dealkylation sites (tertiary alicyclic amines) is 1. The van der Waals surface area contributed by atoms with E-state index < -0.39 is 0 Å². The van der Waals surface area contributed by atoms with E-state index in [1.807, 2.05) is 17.2 Å². The van der Waals surface area contributed by atoms with Gasteiger partial charge < -0.3 is 10.2 Å². The smallest absolute Gasteiger partial charge is 0.222 e. The number of carbonyl (C=O) groups excluding carboxylic acids is 1. The number of hydrogen-bond acceptors (Lipinski definition) is 4. The molecule has 2 aromatic rings. The second kappa shape index (κ2) is 6.87. The number of aromatic nitrogens is 2. The molecule has 0 aromatic carbocycles. The predicted octanol–water partition coefficient (Wildman–Crippen LogP) is 2.24. The predicted molar refractivity (Wildman–Crippen MR) is 84.0 cm³/mol. The van der Waals surface area contributed by atoms with Crippen molar-refractivity contribution < 1.29 is 4.79 Å². The molecule has 6 heteroatoms. The highest BCUT2D eigenvalue weighted by Crippen LogP contribution is 2.25. The van der Waals surface area contributed by atoms with Gasteiger partial charge >= 0.3 is 0 Å². The van der Waals surface area contributed by atoms with Gasteiger partial charge in [-0.15, -0.1) is 11.3 Å². The van der Waals surface area contributed by atoms with Crippen molar-refractivity contribution in [3.63, 3.8) is 0 Å². The Hall–Kier alpha value is -1.66. The van der Waals surface area contributed by atoms with E-state index in [1.165, 1.54) is 10.4 Å². The summed E-state index contributed by atoms with van der Waals surface area (Å²) in [6.07, 6.45) is 4.63. The second-order valence-corrected chi connectivity index (χ2v) is 6.21. The Labute approximate surface area is 128 Å². The SMILES string of the molecule is O=C1CCCN1CCCNCc1cn[nH]c1-c1cccs1. The van der Waals surface area contributed by atoms with Crippen LogP contribution in [0.3, 0.4) is 0 Å². The van der Waals surface area contributed by atoms with Gasteiger partial charge in [-0.3, -0.25) is 9.89 Å². The van der Waals surface area contributed by atoms with Crippen molar-refractivity contribution in [3.05, 3.63) is 29.3 Å². The summed E-state index contributed by atoms with van der Waals surface area (Å²) in [7, 11) is 0. The number of thiophene rings is 1. The molecule has 0 atom stereocenters. The van der Waals surface area contributed by atoms with Crippen LogP contribution < -0.4 is 5.32 Å². The number of amides is 1. The third-order valence-corrected chi connectivity index (χ3v) is 4.64. The molecular weight excluding hydrogens is 284 g/mol. The summed E-state index contributed by atoms with van der Waals surface area (Å²) in [5.74, 6) is 0.310. The van der Waals surface area contributed by atoms with Gasteiger partial charge in [-0.25, -0.2) is 0 Å². The fourth-order valence-corrected chi connectivity index (χ4v) is 3.39. The van der Waals surface area contributed by atoms with Crippen molar-refractivity contribution in [2.45, 2.75) is 25.8 Å². The summed E-state index contributed by atoms with van der Waals surface area (Å²) in [4.78, 5) is 14.7. The van der Waals surface area contributed by atoms with Gasteiger partial charge in [-0.05, 0) is 30.8 Å². The molecule has 5 nitrogen and oxygen atoms in total. The fraction of sp³-hybridized carbons (Fsp3) is 0.467. The van der Waals surface area contributed by atoms with Crippen molar-refractivity contribution in [2.24, 2.45) is 0 Å². The number of hydrogen-bond donors (Lipinski definition) is 2. The van der Waals surface area contributed by atoms with Crippen LogP contribution in [0.25, 0.3) is 10.6 Å². The molecule has 1 fully saturated rings. The van der Waals surface area contributed by atoms with Gasteiger partial charge in [0.05, 0.1) is 16.8 Å². The monoisotopic (exact) mass is 304 g/mol. The quantitative estimate of drug-likeness (QED) is 0.771. The van der Waals surface area contributed by atoms with Crippen molar-refractivity contribution in [1.82, 2.24) is 20.4 Å². The summed E-state index contributed by atoms with van der Waals surface area (Å²) >= 11 is 1.71. The molecule has 1 amide bonds. The van der Waals surface area contributed by atoms with Crippen molar-refractivity contribution in [3.8, 4) is 10.6 Å². The molecule has 0 radical (unpaired) electrons. The van der Waals surface area contributed by atoms with Crippen LogP contribution in [0.4, 0.5) is 0 Å². The zero-order valence-electron chi connectivity index (χ0n) is 12.0. The Kier molecular flexibility index (Phi) is 4.67. The molecule has 1 saturated heterocycles. The summed E-state index contributed by atoms with van der Waals surface area (Å²) < 4.78 is 0. The van der Waals surface area contributed by atoms with E-state index in [0.29, 0.717) is 5.91 Å². The fourth-order valence-electron chi connectivity index (χ4n) is 2.64. The number of nitrogens with zero attached hydrogens (tertiary/aromatic N) is 2. The number of carbonyl (C=O) groups is 1. The molecule has 0 saturated carbocycles. The minimum atomic E-state index is 0.310. The third kappa shape index (κ3) is 3.51. The Morgan fingerprint density at radius 1 is 1.48 bits per heavy atom. The maximum Gasteiger partial charge on any atom is 0.222 e. The Morgan fingerprint density at radius 3 is 3.19 bits per heavy atom. The molecule has 3 heterocycles. The molecular formula is C15H20N4OS. The van der Waals surface area contributed by atoms with Gasteiger partial charge in [0.15, 0.2) is 0 Å². The standard InChI is InChI=1S/C15H20N4OS/c20-14-5-1-7-19(14)8-3-6-16-10-12-11-17-18-15(12)13-4-2-9-21-13/h2,4,9,11,16H,1,3,5-8,10H2,(H,17,18). The van der Waals surface area contributed by atoms with Crippen molar-refractivity contribution in [1.29, 1.82) is 0 Å². The lowest BCUT2D eigenvalue weighted by Gasteiger charge is -2.15. The number of nitrogens with one attached hydrogen (secondary N) is 2. The number of rotatable bonds is 7. The Balaban J connectivity index is 1.42. The lowest BCUT2D eigenvalue weighted by molar-refractivity contribution is -0.127. The summed E-state index contributed by atoms with van der Waals surface area (Å²) in [6, 6.07) is 4.14. The molecule has 1 aliphatic rings. The van der Waals surface area contributed by atoms with Gasteiger partial charge in [-0.1, -0.05) is 6.07 Å². The maximum atomic E-state index is 11.5. The lowest BCUT2D eigenvalue weighted by atomic mass is 10.2. The van der Waals surface area contributed by atoms with Gasteiger partial charge in [-0.2, -0.15) is 5.10 Å². The van der Waals surface area contributed by atoms with E-state index in [0.717, 1.165) is 51.1 Å². The van der Waals surface area contributed by atoms with Crippen LogP contribution in [-0.4, -0.2) is 40.6 Å². The van der Waals surface area contributed by atoms with Crippen molar-refractivity contribution in [2.75, 3.05) is 19.6 Å². The van der Waals surface area contributed by atoms with Crippen LogP contribution in [0, 0.1) is 0 Å². The Bertz CT molecular complexity index is 578. The largest absolute Gasteiger partial charge is 0.343 e. The molecule has 3 rings (SSSR count). The van der Waals surface area contributed by atoms with Crippen LogP contribution in [0.15, 0.2) is 23.7 Å². The Morgan fingerprint density at radius 2 is 2.43 bits per heavy atom. The third-order valence-electron chi connectivity index (χ3n) is 3.75. The zero-order chi connectivity index (χ0) is 14.5. The summed E-state index contributed by atoms with van der Waals surface area (Å²) in [5.41, 5.74) is 2.29. The number of H-pyrrole nitrogens is 1. The molecule has 0 aliphatic carbocycles. The van der Waals surface area contributed by atoms with Gasteiger partial charge in [0.2, 0.25) is 5.91 Å². The topological polar surface area (TPSA) is 61.0 Å². The lowest BCUT2D eigenvalue weighted by Crippen LogP contribution is -2.28. The van der Waals surface area contributed by atoms with Crippen LogP contribution in [0.2, 0.25) is 0 Å². The summed E-state index contributed by atoms with van der Waals surface area (Å²) in [5, 5.41) is 12.7. The van der Waals surface area contributed by atoms with E-state index in [4.69, 9.17) is 0 Å². The van der Waals surface area contributed by atoms with Gasteiger partial charge in [0.1, 0.15) is 0 Å². The summed E-state index contributed by atoms with van der Waals surface area (Å²) in [6.45, 7) is 3.52.